The van der Waals surface area contributed by atoms with Crippen LogP contribution in [0.2, 0.25) is 0 Å². The standard InChI is InChI=1S/C22H18N4O3S/c27-21(28)14-29-19-11-4-2-7-17(19)13-23-26-20(24-25-22(26)30)12-16-9-5-8-15-6-1-3-10-18(15)16/h1-11,13H,12,14H2,(H,25,30)(H,27,28)/b23-13+. The molecule has 4 aromatic rings. The lowest BCUT2D eigenvalue weighted by Gasteiger charge is -2.08. The minimum Gasteiger partial charge on any atom is -0.481 e. The Bertz CT molecular complexity index is 1230. The fourth-order valence-electron chi connectivity index (χ4n) is 3.13. The van der Waals surface area contributed by atoms with Gasteiger partial charge in [0.15, 0.2) is 12.4 Å². The summed E-state index contributed by atoms with van der Waals surface area (Å²) in [6, 6.07) is 21.4. The zero-order valence-corrected chi connectivity index (χ0v) is 16.7. The van der Waals surface area contributed by atoms with Crippen molar-refractivity contribution in [1.82, 2.24) is 14.9 Å². The van der Waals surface area contributed by atoms with Gasteiger partial charge in [0.05, 0.1) is 6.21 Å². The van der Waals surface area contributed by atoms with E-state index in [4.69, 9.17) is 9.84 Å². The summed E-state index contributed by atoms with van der Waals surface area (Å²) in [6.45, 7) is -0.429. The van der Waals surface area contributed by atoms with Gasteiger partial charge in [0.25, 0.3) is 0 Å². The second-order valence-electron chi connectivity index (χ2n) is 6.51. The van der Waals surface area contributed by atoms with Crippen molar-refractivity contribution in [2.75, 3.05) is 6.61 Å². The van der Waals surface area contributed by atoms with Gasteiger partial charge < -0.3 is 9.84 Å². The van der Waals surface area contributed by atoms with E-state index in [9.17, 15) is 4.79 Å². The van der Waals surface area contributed by atoms with E-state index >= 15 is 0 Å². The minimum atomic E-state index is -1.05. The van der Waals surface area contributed by atoms with Crippen LogP contribution in [-0.4, -0.2) is 38.8 Å². The van der Waals surface area contributed by atoms with Crippen molar-refractivity contribution in [3.63, 3.8) is 0 Å². The molecular weight excluding hydrogens is 400 g/mol. The number of carbonyl (C=O) groups is 1. The van der Waals surface area contributed by atoms with Crippen molar-refractivity contribution in [3.8, 4) is 5.75 Å². The van der Waals surface area contributed by atoms with E-state index in [1.54, 1.807) is 29.1 Å². The lowest BCUT2D eigenvalue weighted by molar-refractivity contribution is -0.139. The number of thiol groups is 1. The molecule has 0 aliphatic carbocycles. The van der Waals surface area contributed by atoms with E-state index in [1.165, 1.54) is 0 Å². The first-order valence-electron chi connectivity index (χ1n) is 9.19. The Hall–Kier alpha value is -3.65. The van der Waals surface area contributed by atoms with Crippen LogP contribution in [0.25, 0.3) is 10.8 Å². The molecule has 1 aromatic heterocycles. The number of benzene rings is 3. The fourth-order valence-corrected chi connectivity index (χ4v) is 3.34. The van der Waals surface area contributed by atoms with Crippen molar-refractivity contribution < 1.29 is 14.6 Å². The van der Waals surface area contributed by atoms with Crippen LogP contribution in [0.1, 0.15) is 17.0 Å². The first-order chi connectivity index (χ1) is 14.6. The van der Waals surface area contributed by atoms with Crippen LogP contribution in [0.4, 0.5) is 0 Å². The Morgan fingerprint density at radius 3 is 2.70 bits per heavy atom. The smallest absolute Gasteiger partial charge is 0.341 e. The van der Waals surface area contributed by atoms with E-state index in [0.29, 0.717) is 28.7 Å². The third kappa shape index (κ3) is 4.33. The van der Waals surface area contributed by atoms with E-state index < -0.39 is 12.6 Å². The van der Waals surface area contributed by atoms with Crippen molar-refractivity contribution in [1.29, 1.82) is 0 Å². The van der Waals surface area contributed by atoms with Gasteiger partial charge >= 0.3 is 5.97 Å². The molecule has 0 aliphatic heterocycles. The average Bonchev–Trinajstić information content (AvgIpc) is 3.10. The fraction of sp³-hybridized carbons (Fsp3) is 0.0909. The van der Waals surface area contributed by atoms with Gasteiger partial charge in [-0.2, -0.15) is 9.78 Å². The first-order valence-corrected chi connectivity index (χ1v) is 9.64. The molecule has 0 fully saturated rings. The van der Waals surface area contributed by atoms with Gasteiger partial charge in [-0.15, -0.1) is 22.8 Å². The van der Waals surface area contributed by atoms with Gasteiger partial charge in [0, 0.05) is 12.0 Å². The number of rotatable bonds is 7. The summed E-state index contributed by atoms with van der Waals surface area (Å²) < 4.78 is 6.88. The SMILES string of the molecule is O=C(O)COc1ccccc1/C=N/n1c(S)nnc1Cc1cccc2ccccc12. The molecule has 7 nitrogen and oxygen atoms in total. The highest BCUT2D eigenvalue weighted by atomic mass is 32.1. The number of para-hydroxylation sites is 1. The largest absolute Gasteiger partial charge is 0.481 e. The van der Waals surface area contributed by atoms with Crippen molar-refractivity contribution >= 4 is 35.6 Å². The number of carboxylic acid groups (broad SMARTS) is 1. The van der Waals surface area contributed by atoms with Crippen molar-refractivity contribution in [3.05, 3.63) is 83.7 Å². The first kappa shape index (κ1) is 19.7. The molecule has 0 amide bonds. The van der Waals surface area contributed by atoms with Gasteiger partial charge in [0.1, 0.15) is 5.75 Å². The third-order valence-corrected chi connectivity index (χ3v) is 4.78. The van der Waals surface area contributed by atoms with Crippen LogP contribution in [0.15, 0.2) is 77.0 Å². The third-order valence-electron chi connectivity index (χ3n) is 4.50. The molecule has 30 heavy (non-hydrogen) atoms. The maximum Gasteiger partial charge on any atom is 0.341 e. The van der Waals surface area contributed by atoms with Gasteiger partial charge in [0.2, 0.25) is 5.16 Å². The van der Waals surface area contributed by atoms with Crippen molar-refractivity contribution in [2.45, 2.75) is 11.6 Å². The maximum atomic E-state index is 10.8. The van der Waals surface area contributed by atoms with Gasteiger partial charge in [-0.3, -0.25) is 0 Å². The lowest BCUT2D eigenvalue weighted by atomic mass is 10.0. The molecule has 1 N–H and O–H groups in total. The van der Waals surface area contributed by atoms with E-state index in [-0.39, 0.29) is 0 Å². The van der Waals surface area contributed by atoms with Gasteiger partial charge in [-0.25, -0.2) is 4.79 Å². The van der Waals surface area contributed by atoms with E-state index in [0.717, 1.165) is 16.3 Å². The number of hydrogen-bond donors (Lipinski definition) is 2. The second kappa shape index (κ2) is 8.79. The van der Waals surface area contributed by atoms with Gasteiger partial charge in [-0.1, -0.05) is 54.6 Å². The molecule has 0 bridgehead atoms. The summed E-state index contributed by atoms with van der Waals surface area (Å²) in [7, 11) is 0. The topological polar surface area (TPSA) is 89.6 Å². The van der Waals surface area contributed by atoms with E-state index in [2.05, 4.69) is 52.2 Å². The molecule has 150 valence electrons. The number of fused-ring (bicyclic) bond motifs is 1. The number of hydrogen-bond acceptors (Lipinski definition) is 6. The minimum absolute atomic E-state index is 0.352. The number of nitrogens with zero attached hydrogens (tertiary/aromatic N) is 4. The van der Waals surface area contributed by atoms with Crippen LogP contribution >= 0.6 is 12.6 Å². The Kier molecular flexibility index (Phi) is 5.76. The van der Waals surface area contributed by atoms with Gasteiger partial charge in [-0.05, 0) is 28.5 Å². The predicted octanol–water partition coefficient (Wildman–Crippen LogP) is 3.66. The molecule has 1 heterocycles. The monoisotopic (exact) mass is 418 g/mol. The summed E-state index contributed by atoms with van der Waals surface area (Å²) in [5.74, 6) is 0.0140. The molecule has 0 spiro atoms. The molecule has 0 saturated heterocycles. The maximum absolute atomic E-state index is 10.8. The molecule has 0 unspecified atom stereocenters. The lowest BCUT2D eigenvalue weighted by Crippen LogP contribution is -2.10. The highest BCUT2D eigenvalue weighted by Crippen LogP contribution is 2.22. The summed E-state index contributed by atoms with van der Waals surface area (Å²) in [6.07, 6.45) is 2.11. The Balaban J connectivity index is 1.63. The van der Waals surface area contributed by atoms with Crippen LogP contribution in [0.5, 0.6) is 5.75 Å². The molecule has 0 atom stereocenters. The molecule has 4 rings (SSSR count). The number of aliphatic carboxylic acids is 1. The molecule has 0 radical (unpaired) electrons. The summed E-state index contributed by atoms with van der Waals surface area (Å²) in [5.41, 5.74) is 1.74. The normalized spacial score (nSPS) is 11.2. The Morgan fingerprint density at radius 1 is 1.07 bits per heavy atom. The number of ether oxygens (including phenoxy) is 1. The Morgan fingerprint density at radius 2 is 1.83 bits per heavy atom. The summed E-state index contributed by atoms with van der Waals surface area (Å²) in [5, 5.41) is 24.2. The summed E-state index contributed by atoms with van der Waals surface area (Å²) in [4.78, 5) is 10.8. The molecule has 0 aliphatic rings. The highest BCUT2D eigenvalue weighted by Gasteiger charge is 2.12. The zero-order valence-electron chi connectivity index (χ0n) is 15.8. The second-order valence-corrected chi connectivity index (χ2v) is 6.91. The predicted molar refractivity (Wildman–Crippen MR) is 117 cm³/mol. The van der Waals surface area contributed by atoms with Crippen LogP contribution in [0.3, 0.4) is 0 Å². The summed E-state index contributed by atoms with van der Waals surface area (Å²) >= 11 is 4.37. The average molecular weight is 418 g/mol. The molecule has 3 aromatic carbocycles. The number of aromatic nitrogens is 3. The quantitative estimate of drug-likeness (QED) is 0.353. The van der Waals surface area contributed by atoms with Crippen LogP contribution in [0, 0.1) is 0 Å². The number of carboxylic acids is 1. The Labute approximate surface area is 178 Å². The van der Waals surface area contributed by atoms with Crippen LogP contribution in [-0.2, 0) is 11.2 Å². The van der Waals surface area contributed by atoms with Crippen molar-refractivity contribution in [2.24, 2.45) is 5.10 Å². The molecule has 0 saturated carbocycles. The van der Waals surface area contributed by atoms with Crippen LogP contribution < -0.4 is 4.74 Å². The van der Waals surface area contributed by atoms with E-state index in [1.807, 2.05) is 24.3 Å². The molecule has 8 heteroatoms. The molecular formula is C22H18N4O3S. The zero-order chi connectivity index (χ0) is 20.9. The highest BCUT2D eigenvalue weighted by molar-refractivity contribution is 7.80.